The number of rotatable bonds is 6. The standard InChI is InChI=1S/C22H19N3O4/c1-29-20-12-7-15(13-19(20)26)14-23-25-22(28)17-8-10-18(11-9-17)24-21(27)16-5-3-2-4-6-16/h2-14,26H,1H3,(H,24,27)(H,25,28). The maximum atomic E-state index is 12.2. The van der Waals surface area contributed by atoms with E-state index in [2.05, 4.69) is 15.8 Å². The van der Waals surface area contributed by atoms with Crippen molar-refractivity contribution in [1.29, 1.82) is 0 Å². The average Bonchev–Trinajstić information content (AvgIpc) is 2.75. The molecule has 3 rings (SSSR count). The van der Waals surface area contributed by atoms with Gasteiger partial charge in [-0.1, -0.05) is 18.2 Å². The number of nitrogens with one attached hydrogen (secondary N) is 2. The predicted molar refractivity (Wildman–Crippen MR) is 111 cm³/mol. The predicted octanol–water partition coefficient (Wildman–Crippen LogP) is 3.42. The van der Waals surface area contributed by atoms with E-state index in [0.717, 1.165) is 0 Å². The van der Waals surface area contributed by atoms with E-state index in [4.69, 9.17) is 4.74 Å². The molecule has 3 aromatic carbocycles. The smallest absolute Gasteiger partial charge is 0.271 e. The molecule has 0 saturated heterocycles. The van der Waals surface area contributed by atoms with E-state index in [-0.39, 0.29) is 11.7 Å². The molecule has 3 aromatic rings. The minimum absolute atomic E-state index is 0.0177. The van der Waals surface area contributed by atoms with Gasteiger partial charge in [0.1, 0.15) is 0 Å². The molecule has 7 nitrogen and oxygen atoms in total. The van der Waals surface area contributed by atoms with Crippen LogP contribution in [-0.2, 0) is 0 Å². The second-order valence-electron chi connectivity index (χ2n) is 6.03. The van der Waals surface area contributed by atoms with Gasteiger partial charge in [-0.25, -0.2) is 5.43 Å². The molecular formula is C22H19N3O4. The zero-order valence-electron chi connectivity index (χ0n) is 15.6. The number of methoxy groups -OCH3 is 1. The molecule has 3 N–H and O–H groups in total. The Labute approximate surface area is 167 Å². The summed E-state index contributed by atoms with van der Waals surface area (Å²) in [6.07, 6.45) is 1.41. The number of anilines is 1. The van der Waals surface area contributed by atoms with Crippen LogP contribution in [0, 0.1) is 0 Å². The summed E-state index contributed by atoms with van der Waals surface area (Å²) in [7, 11) is 1.46. The fraction of sp³-hybridized carbons (Fsp3) is 0.0455. The number of aromatic hydroxyl groups is 1. The van der Waals surface area contributed by atoms with E-state index in [1.54, 1.807) is 60.7 Å². The van der Waals surface area contributed by atoms with Gasteiger partial charge in [0.15, 0.2) is 11.5 Å². The fourth-order valence-corrected chi connectivity index (χ4v) is 2.52. The summed E-state index contributed by atoms with van der Waals surface area (Å²) in [5, 5.41) is 16.4. The van der Waals surface area contributed by atoms with Crippen LogP contribution in [0.4, 0.5) is 5.69 Å². The highest BCUT2D eigenvalue weighted by Gasteiger charge is 2.07. The molecule has 29 heavy (non-hydrogen) atoms. The van der Waals surface area contributed by atoms with E-state index >= 15 is 0 Å². The number of amides is 2. The van der Waals surface area contributed by atoms with Crippen molar-refractivity contribution in [3.63, 3.8) is 0 Å². The van der Waals surface area contributed by atoms with Crippen molar-refractivity contribution in [2.45, 2.75) is 0 Å². The monoisotopic (exact) mass is 389 g/mol. The largest absolute Gasteiger partial charge is 0.504 e. The normalized spacial score (nSPS) is 10.5. The second kappa shape index (κ2) is 9.18. The van der Waals surface area contributed by atoms with E-state index in [1.807, 2.05) is 6.07 Å². The zero-order valence-corrected chi connectivity index (χ0v) is 15.6. The van der Waals surface area contributed by atoms with Crippen LogP contribution in [0.15, 0.2) is 77.9 Å². The Kier molecular flexibility index (Phi) is 6.22. The number of hydrazone groups is 1. The van der Waals surface area contributed by atoms with Crippen LogP contribution in [-0.4, -0.2) is 30.2 Å². The van der Waals surface area contributed by atoms with Gasteiger partial charge in [0.2, 0.25) is 0 Å². The Morgan fingerprint density at radius 1 is 0.931 bits per heavy atom. The molecule has 7 heteroatoms. The highest BCUT2D eigenvalue weighted by Crippen LogP contribution is 2.25. The molecule has 0 radical (unpaired) electrons. The van der Waals surface area contributed by atoms with E-state index in [9.17, 15) is 14.7 Å². The van der Waals surface area contributed by atoms with Crippen molar-refractivity contribution in [2.75, 3.05) is 12.4 Å². The number of phenolic OH excluding ortho intramolecular Hbond substituents is 1. The molecule has 0 aliphatic carbocycles. The molecular weight excluding hydrogens is 370 g/mol. The lowest BCUT2D eigenvalue weighted by Crippen LogP contribution is -2.17. The van der Waals surface area contributed by atoms with Gasteiger partial charge >= 0.3 is 0 Å². The number of carbonyl (C=O) groups excluding carboxylic acids is 2. The molecule has 0 aliphatic heterocycles. The number of carbonyl (C=O) groups is 2. The van der Waals surface area contributed by atoms with Crippen molar-refractivity contribution >= 4 is 23.7 Å². The lowest BCUT2D eigenvalue weighted by Gasteiger charge is -2.06. The molecule has 0 fully saturated rings. The fourth-order valence-electron chi connectivity index (χ4n) is 2.52. The summed E-state index contributed by atoms with van der Waals surface area (Å²) in [6, 6.07) is 20.1. The van der Waals surface area contributed by atoms with E-state index in [0.29, 0.717) is 28.1 Å². The van der Waals surface area contributed by atoms with E-state index in [1.165, 1.54) is 19.4 Å². The van der Waals surface area contributed by atoms with Gasteiger partial charge in [-0.3, -0.25) is 9.59 Å². The quantitative estimate of drug-likeness (QED) is 0.444. The lowest BCUT2D eigenvalue weighted by molar-refractivity contribution is 0.0954. The maximum Gasteiger partial charge on any atom is 0.271 e. The molecule has 0 spiro atoms. The zero-order chi connectivity index (χ0) is 20.6. The summed E-state index contributed by atoms with van der Waals surface area (Å²) >= 11 is 0. The highest BCUT2D eigenvalue weighted by molar-refractivity contribution is 6.04. The number of benzene rings is 3. The third-order valence-electron chi connectivity index (χ3n) is 4.02. The van der Waals surface area contributed by atoms with Gasteiger partial charge in [0.05, 0.1) is 13.3 Å². The van der Waals surface area contributed by atoms with Gasteiger partial charge in [0.25, 0.3) is 11.8 Å². The second-order valence-corrected chi connectivity index (χ2v) is 6.03. The first-order valence-electron chi connectivity index (χ1n) is 8.73. The van der Waals surface area contributed by atoms with Crippen LogP contribution in [0.1, 0.15) is 26.3 Å². The van der Waals surface area contributed by atoms with E-state index < -0.39 is 5.91 Å². The minimum atomic E-state index is -0.403. The van der Waals surface area contributed by atoms with Gasteiger partial charge in [-0.05, 0) is 60.2 Å². The summed E-state index contributed by atoms with van der Waals surface area (Å²) in [5.41, 5.74) is 4.52. The summed E-state index contributed by atoms with van der Waals surface area (Å²) in [6.45, 7) is 0. The van der Waals surface area contributed by atoms with Crippen molar-refractivity contribution in [3.8, 4) is 11.5 Å². The molecule has 0 aromatic heterocycles. The topological polar surface area (TPSA) is 100 Å². The molecule has 2 amide bonds. The van der Waals surface area contributed by atoms with Crippen molar-refractivity contribution < 1.29 is 19.4 Å². The van der Waals surface area contributed by atoms with Gasteiger partial charge in [-0.2, -0.15) is 5.10 Å². The van der Waals surface area contributed by atoms with Crippen molar-refractivity contribution in [1.82, 2.24) is 5.43 Å². The number of ether oxygens (including phenoxy) is 1. The summed E-state index contributed by atoms with van der Waals surface area (Å²) < 4.78 is 4.97. The van der Waals surface area contributed by atoms with Crippen molar-refractivity contribution in [2.24, 2.45) is 5.10 Å². The summed E-state index contributed by atoms with van der Waals surface area (Å²) in [4.78, 5) is 24.3. The van der Waals surface area contributed by atoms with Crippen molar-refractivity contribution in [3.05, 3.63) is 89.5 Å². The van der Waals surface area contributed by atoms with Gasteiger partial charge in [-0.15, -0.1) is 0 Å². The Morgan fingerprint density at radius 2 is 1.62 bits per heavy atom. The molecule has 0 atom stereocenters. The van der Waals surface area contributed by atoms with Crippen LogP contribution >= 0.6 is 0 Å². The van der Waals surface area contributed by atoms with Crippen LogP contribution in [0.3, 0.4) is 0 Å². The molecule has 146 valence electrons. The Morgan fingerprint density at radius 3 is 2.28 bits per heavy atom. The van der Waals surface area contributed by atoms with Gasteiger partial charge < -0.3 is 15.2 Å². The molecule has 0 saturated carbocycles. The number of hydrogen-bond acceptors (Lipinski definition) is 5. The summed E-state index contributed by atoms with van der Waals surface area (Å²) in [5.74, 6) is -0.295. The maximum absolute atomic E-state index is 12.2. The Bertz CT molecular complexity index is 1030. The molecule has 0 heterocycles. The lowest BCUT2D eigenvalue weighted by atomic mass is 10.1. The van der Waals surface area contributed by atoms with Crippen LogP contribution < -0.4 is 15.5 Å². The van der Waals surface area contributed by atoms with Crippen LogP contribution in [0.5, 0.6) is 11.5 Å². The van der Waals surface area contributed by atoms with Crippen LogP contribution in [0.25, 0.3) is 0 Å². The first-order valence-corrected chi connectivity index (χ1v) is 8.73. The third kappa shape index (κ3) is 5.20. The molecule has 0 unspecified atom stereocenters. The third-order valence-corrected chi connectivity index (χ3v) is 4.02. The first kappa shape index (κ1) is 19.6. The minimum Gasteiger partial charge on any atom is -0.504 e. The van der Waals surface area contributed by atoms with Crippen LogP contribution in [0.2, 0.25) is 0 Å². The first-order chi connectivity index (χ1) is 14.1. The number of nitrogens with zero attached hydrogens (tertiary/aromatic N) is 1. The Balaban J connectivity index is 1.57. The Hall–Kier alpha value is -4.13. The SMILES string of the molecule is COc1ccc(C=NNC(=O)c2ccc(NC(=O)c3ccccc3)cc2)cc1O. The number of hydrogen-bond donors (Lipinski definition) is 3. The van der Waals surface area contributed by atoms with Gasteiger partial charge in [0, 0.05) is 16.8 Å². The highest BCUT2D eigenvalue weighted by atomic mass is 16.5. The number of phenols is 1. The molecule has 0 bridgehead atoms. The average molecular weight is 389 g/mol. The molecule has 0 aliphatic rings.